The van der Waals surface area contributed by atoms with E-state index in [1.165, 1.54) is 0 Å². The molecule has 0 aliphatic rings. The molecule has 2 unspecified atom stereocenters. The van der Waals surface area contributed by atoms with Gasteiger partial charge in [-0.25, -0.2) is 0 Å². The zero-order chi connectivity index (χ0) is 8.85. The van der Waals surface area contributed by atoms with Crippen molar-refractivity contribution < 1.29 is 4.79 Å². The Morgan fingerprint density at radius 1 is 1.73 bits per heavy atom. The molecule has 0 heterocycles. The second-order valence-electron chi connectivity index (χ2n) is 2.57. The van der Waals surface area contributed by atoms with E-state index >= 15 is 0 Å². The Hall–Kier alpha value is -0.220. The average molecular weight is 176 g/mol. The fraction of sp³-hybridized carbons (Fsp3) is 0.857. The summed E-state index contributed by atoms with van der Waals surface area (Å²) in [5.74, 6) is -0.0785. The molecule has 0 bridgehead atoms. The summed E-state index contributed by atoms with van der Waals surface area (Å²) in [5.41, 5.74) is 5.25. The summed E-state index contributed by atoms with van der Waals surface area (Å²) < 4.78 is 0. The first-order valence-electron chi connectivity index (χ1n) is 3.80. The van der Waals surface area contributed by atoms with Gasteiger partial charge >= 0.3 is 0 Å². The van der Waals surface area contributed by atoms with Crippen molar-refractivity contribution in [3.05, 3.63) is 0 Å². The third-order valence-corrected chi connectivity index (χ3v) is 1.97. The molecule has 0 aliphatic carbocycles. The zero-order valence-electron chi connectivity index (χ0n) is 7.00. The topological polar surface area (TPSA) is 55.1 Å². The van der Waals surface area contributed by atoms with Crippen LogP contribution in [0.25, 0.3) is 0 Å². The van der Waals surface area contributed by atoms with Crippen LogP contribution in [0.1, 0.15) is 20.3 Å². The van der Waals surface area contributed by atoms with Gasteiger partial charge in [0.05, 0.1) is 5.25 Å². The van der Waals surface area contributed by atoms with Gasteiger partial charge in [-0.3, -0.25) is 4.79 Å². The Labute approximate surface area is 73.1 Å². The van der Waals surface area contributed by atoms with Gasteiger partial charge in [-0.1, -0.05) is 6.92 Å². The van der Waals surface area contributed by atoms with Gasteiger partial charge in [0, 0.05) is 12.6 Å². The smallest absolute Gasteiger partial charge is 0.234 e. The minimum atomic E-state index is -0.371. The molecular weight excluding hydrogens is 160 g/mol. The quantitative estimate of drug-likeness (QED) is 0.534. The Balaban J connectivity index is 3.68. The number of nitrogens with one attached hydrogen (secondary N) is 1. The molecule has 0 saturated heterocycles. The molecule has 4 heteroatoms. The lowest BCUT2D eigenvalue weighted by molar-refractivity contribution is -0.121. The Kier molecular flexibility index (Phi) is 5.32. The van der Waals surface area contributed by atoms with Crippen LogP contribution < -0.4 is 11.1 Å². The van der Waals surface area contributed by atoms with E-state index in [2.05, 4.69) is 17.9 Å². The Morgan fingerprint density at radius 3 is 2.64 bits per heavy atom. The first-order chi connectivity index (χ1) is 5.11. The van der Waals surface area contributed by atoms with Crippen LogP contribution >= 0.6 is 12.6 Å². The van der Waals surface area contributed by atoms with Crippen LogP contribution in [0, 0.1) is 0 Å². The van der Waals surface area contributed by atoms with E-state index in [1.807, 2.05) is 13.8 Å². The fourth-order valence-electron chi connectivity index (χ4n) is 0.548. The summed E-state index contributed by atoms with van der Waals surface area (Å²) in [4.78, 5) is 11.1. The van der Waals surface area contributed by atoms with Crippen LogP contribution in [-0.2, 0) is 4.79 Å². The molecule has 0 aromatic heterocycles. The normalized spacial score (nSPS) is 15.6. The maximum Gasteiger partial charge on any atom is 0.234 e. The third kappa shape index (κ3) is 4.27. The molecule has 0 aromatic rings. The van der Waals surface area contributed by atoms with Crippen LogP contribution in [0.5, 0.6) is 0 Å². The van der Waals surface area contributed by atoms with Crippen molar-refractivity contribution in [3.63, 3.8) is 0 Å². The number of rotatable bonds is 4. The average Bonchev–Trinajstić information content (AvgIpc) is 2.02. The van der Waals surface area contributed by atoms with Gasteiger partial charge in [-0.15, -0.1) is 0 Å². The van der Waals surface area contributed by atoms with Gasteiger partial charge in [0.1, 0.15) is 0 Å². The number of carbonyl (C=O) groups is 1. The van der Waals surface area contributed by atoms with Gasteiger partial charge in [-0.05, 0) is 13.3 Å². The van der Waals surface area contributed by atoms with Crippen molar-refractivity contribution in [2.45, 2.75) is 31.6 Å². The highest BCUT2D eigenvalue weighted by atomic mass is 32.1. The van der Waals surface area contributed by atoms with Crippen molar-refractivity contribution >= 4 is 18.5 Å². The Bertz CT molecular complexity index is 130. The van der Waals surface area contributed by atoms with E-state index in [0.717, 1.165) is 6.42 Å². The molecule has 0 aromatic carbocycles. The molecule has 0 radical (unpaired) electrons. The van der Waals surface area contributed by atoms with Crippen molar-refractivity contribution in [2.75, 3.05) is 6.54 Å². The van der Waals surface area contributed by atoms with Crippen molar-refractivity contribution in [2.24, 2.45) is 5.73 Å². The number of amides is 1. The predicted octanol–water partition coefficient (Wildman–Crippen LogP) is 0.158. The lowest BCUT2D eigenvalue weighted by atomic mass is 10.2. The van der Waals surface area contributed by atoms with Gasteiger partial charge in [0.15, 0.2) is 0 Å². The fourth-order valence-corrected chi connectivity index (χ4v) is 0.623. The molecule has 3 nitrogen and oxygen atoms in total. The predicted molar refractivity (Wildman–Crippen MR) is 49.7 cm³/mol. The van der Waals surface area contributed by atoms with Crippen molar-refractivity contribution in [1.82, 2.24) is 5.32 Å². The van der Waals surface area contributed by atoms with E-state index in [-0.39, 0.29) is 23.7 Å². The summed E-state index contributed by atoms with van der Waals surface area (Å²) in [6, 6.07) is 0.212. The lowest BCUT2D eigenvalue weighted by Crippen LogP contribution is -2.40. The monoisotopic (exact) mass is 176 g/mol. The van der Waals surface area contributed by atoms with Crippen LogP contribution in [-0.4, -0.2) is 23.7 Å². The molecule has 0 fully saturated rings. The minimum Gasteiger partial charge on any atom is -0.353 e. The van der Waals surface area contributed by atoms with Crippen LogP contribution in [0.4, 0.5) is 0 Å². The summed E-state index contributed by atoms with van der Waals surface area (Å²) in [7, 11) is 0. The van der Waals surface area contributed by atoms with E-state index in [1.54, 1.807) is 0 Å². The van der Waals surface area contributed by atoms with E-state index in [0.29, 0.717) is 0 Å². The highest BCUT2D eigenvalue weighted by Crippen LogP contribution is 1.94. The summed E-state index contributed by atoms with van der Waals surface area (Å²) in [6.45, 7) is 4.25. The van der Waals surface area contributed by atoms with E-state index in [9.17, 15) is 4.79 Å². The molecule has 11 heavy (non-hydrogen) atoms. The molecule has 1 amide bonds. The third-order valence-electron chi connectivity index (χ3n) is 1.53. The largest absolute Gasteiger partial charge is 0.353 e. The Morgan fingerprint density at radius 2 is 2.27 bits per heavy atom. The SMILES string of the molecule is CCC(C)NC(=O)C(S)CN. The second kappa shape index (κ2) is 5.43. The molecule has 0 spiro atoms. The molecule has 0 saturated carbocycles. The second-order valence-corrected chi connectivity index (χ2v) is 3.19. The number of hydrogen-bond acceptors (Lipinski definition) is 3. The number of thiol groups is 1. The first kappa shape index (κ1) is 10.8. The molecule has 66 valence electrons. The van der Waals surface area contributed by atoms with Gasteiger partial charge < -0.3 is 11.1 Å². The molecule has 2 atom stereocenters. The first-order valence-corrected chi connectivity index (χ1v) is 4.32. The molecule has 0 rings (SSSR count). The van der Waals surface area contributed by atoms with Crippen LogP contribution in [0.3, 0.4) is 0 Å². The van der Waals surface area contributed by atoms with Crippen molar-refractivity contribution in [1.29, 1.82) is 0 Å². The summed E-state index contributed by atoms with van der Waals surface area (Å²) in [5, 5.41) is 2.41. The lowest BCUT2D eigenvalue weighted by Gasteiger charge is -2.13. The maximum absolute atomic E-state index is 11.1. The summed E-state index contributed by atoms with van der Waals surface area (Å²) >= 11 is 4.00. The molecule has 3 N–H and O–H groups in total. The number of nitrogens with two attached hydrogens (primary N) is 1. The van der Waals surface area contributed by atoms with Gasteiger partial charge in [-0.2, -0.15) is 12.6 Å². The highest BCUT2D eigenvalue weighted by Gasteiger charge is 2.12. The maximum atomic E-state index is 11.1. The van der Waals surface area contributed by atoms with Crippen LogP contribution in [0.15, 0.2) is 0 Å². The minimum absolute atomic E-state index is 0.0785. The van der Waals surface area contributed by atoms with E-state index in [4.69, 9.17) is 5.73 Å². The number of hydrogen-bond donors (Lipinski definition) is 3. The summed E-state index contributed by atoms with van der Waals surface area (Å²) in [6.07, 6.45) is 0.927. The molecule has 0 aliphatic heterocycles. The standard InChI is InChI=1S/C7H16N2OS/c1-3-5(2)9-7(10)6(11)4-8/h5-6,11H,3-4,8H2,1-2H3,(H,9,10). The zero-order valence-corrected chi connectivity index (χ0v) is 7.90. The van der Waals surface area contributed by atoms with Gasteiger partial charge in [0.25, 0.3) is 0 Å². The highest BCUT2D eigenvalue weighted by molar-refractivity contribution is 7.81. The van der Waals surface area contributed by atoms with Crippen molar-refractivity contribution in [3.8, 4) is 0 Å². The molecular formula is C7H16N2OS. The van der Waals surface area contributed by atoms with E-state index < -0.39 is 0 Å². The van der Waals surface area contributed by atoms with Crippen LogP contribution in [0.2, 0.25) is 0 Å². The number of carbonyl (C=O) groups excluding carboxylic acids is 1. The van der Waals surface area contributed by atoms with Gasteiger partial charge in [0.2, 0.25) is 5.91 Å².